The molecule has 1 aromatic rings. The average Bonchev–Trinajstić information content (AvgIpc) is 2.92. The van der Waals surface area contributed by atoms with Gasteiger partial charge in [-0.1, -0.05) is 0 Å². The van der Waals surface area contributed by atoms with E-state index in [2.05, 4.69) is 15.1 Å². The number of ether oxygens (including phenoxy) is 1. The molecule has 134 valence electrons. The molecule has 0 aliphatic carbocycles. The summed E-state index contributed by atoms with van der Waals surface area (Å²) in [5.74, 6) is 0.106. The van der Waals surface area contributed by atoms with Gasteiger partial charge >= 0.3 is 0 Å². The van der Waals surface area contributed by atoms with Crippen LogP contribution in [0.15, 0.2) is 0 Å². The number of piperidine rings is 1. The third-order valence-corrected chi connectivity index (χ3v) is 5.34. The minimum atomic E-state index is -0.477. The van der Waals surface area contributed by atoms with E-state index in [1.54, 1.807) is 4.90 Å². The van der Waals surface area contributed by atoms with Gasteiger partial charge in [0.15, 0.2) is 0 Å². The first-order valence-corrected chi connectivity index (χ1v) is 8.84. The van der Waals surface area contributed by atoms with Crippen molar-refractivity contribution in [3.05, 3.63) is 17.0 Å². The smallest absolute Gasteiger partial charge is 0.223 e. The number of likely N-dealkylation sites (tertiary alicyclic amines) is 1. The van der Waals surface area contributed by atoms with Gasteiger partial charge in [-0.3, -0.25) is 14.8 Å². The number of aryl methyl sites for hydroxylation is 2. The van der Waals surface area contributed by atoms with Crippen LogP contribution in [0.25, 0.3) is 0 Å². The molecule has 2 atom stereocenters. The maximum Gasteiger partial charge on any atom is 0.223 e. The molecule has 3 heterocycles. The maximum absolute atomic E-state index is 12.5. The first kappa shape index (κ1) is 17.4. The number of aromatic nitrogens is 2. The monoisotopic (exact) mass is 336 g/mol. The third kappa shape index (κ3) is 3.79. The van der Waals surface area contributed by atoms with Gasteiger partial charge in [-0.2, -0.15) is 5.10 Å². The molecule has 2 aliphatic heterocycles. The lowest BCUT2D eigenvalue weighted by Crippen LogP contribution is -2.57. The number of carbonyl (C=O) groups excluding carboxylic acids is 1. The summed E-state index contributed by atoms with van der Waals surface area (Å²) in [6.45, 7) is 8.36. The Balaban J connectivity index is 1.49. The maximum atomic E-state index is 12.5. The van der Waals surface area contributed by atoms with Crippen molar-refractivity contribution < 1.29 is 14.6 Å². The Labute approximate surface area is 143 Å². The van der Waals surface area contributed by atoms with Gasteiger partial charge in [0, 0.05) is 50.8 Å². The number of aromatic amines is 1. The summed E-state index contributed by atoms with van der Waals surface area (Å²) in [6.07, 6.45) is 1.44. The van der Waals surface area contributed by atoms with Gasteiger partial charge in [0.2, 0.25) is 5.91 Å². The van der Waals surface area contributed by atoms with E-state index >= 15 is 0 Å². The van der Waals surface area contributed by atoms with Crippen molar-refractivity contribution in [1.82, 2.24) is 20.0 Å². The fraction of sp³-hybridized carbons (Fsp3) is 0.765. The lowest BCUT2D eigenvalue weighted by Gasteiger charge is -2.43. The van der Waals surface area contributed by atoms with Gasteiger partial charge in [0.1, 0.15) is 0 Å². The van der Waals surface area contributed by atoms with Gasteiger partial charge in [0.05, 0.1) is 25.0 Å². The van der Waals surface area contributed by atoms with E-state index in [9.17, 15) is 9.90 Å². The van der Waals surface area contributed by atoms with E-state index in [-0.39, 0.29) is 11.9 Å². The largest absolute Gasteiger partial charge is 0.390 e. The molecule has 24 heavy (non-hydrogen) atoms. The average molecular weight is 336 g/mol. The molecule has 1 aromatic heterocycles. The van der Waals surface area contributed by atoms with Crippen molar-refractivity contribution in [2.45, 2.75) is 45.3 Å². The molecule has 2 aliphatic rings. The van der Waals surface area contributed by atoms with Gasteiger partial charge in [-0.05, 0) is 25.8 Å². The lowest BCUT2D eigenvalue weighted by molar-refractivity contribution is -0.137. The zero-order chi connectivity index (χ0) is 17.1. The number of rotatable bonds is 4. The van der Waals surface area contributed by atoms with Gasteiger partial charge in [0.25, 0.3) is 0 Å². The van der Waals surface area contributed by atoms with Crippen LogP contribution in [0.1, 0.15) is 29.8 Å². The summed E-state index contributed by atoms with van der Waals surface area (Å²) >= 11 is 0. The summed E-state index contributed by atoms with van der Waals surface area (Å²) < 4.78 is 5.37. The number of morpholine rings is 1. The van der Waals surface area contributed by atoms with Crippen LogP contribution in [0.4, 0.5) is 0 Å². The molecule has 0 spiro atoms. The number of hydrogen-bond donors (Lipinski definition) is 2. The zero-order valence-electron chi connectivity index (χ0n) is 14.6. The summed E-state index contributed by atoms with van der Waals surface area (Å²) in [5, 5.41) is 17.7. The minimum Gasteiger partial charge on any atom is -0.390 e. The topological polar surface area (TPSA) is 81.7 Å². The van der Waals surface area contributed by atoms with E-state index < -0.39 is 6.10 Å². The van der Waals surface area contributed by atoms with Crippen LogP contribution in [-0.4, -0.2) is 82.5 Å². The molecule has 0 bridgehead atoms. The van der Waals surface area contributed by atoms with Crippen LogP contribution in [0, 0.1) is 13.8 Å². The number of β-amino-alcohol motifs (C(OH)–C–C–N with tert-alkyl or cyclic N) is 1. The zero-order valence-corrected chi connectivity index (χ0v) is 14.6. The fourth-order valence-electron chi connectivity index (χ4n) is 3.64. The van der Waals surface area contributed by atoms with Crippen molar-refractivity contribution in [3.8, 4) is 0 Å². The SMILES string of the molecule is Cc1[nH]nc(CCC(=O)N2CCC(N3CCOCC3)C(O)C2)c1C. The summed E-state index contributed by atoms with van der Waals surface area (Å²) in [7, 11) is 0. The number of aliphatic hydroxyl groups excluding tert-OH is 1. The Morgan fingerprint density at radius 3 is 2.71 bits per heavy atom. The molecule has 2 N–H and O–H groups in total. The number of H-pyrrole nitrogens is 1. The fourth-order valence-corrected chi connectivity index (χ4v) is 3.64. The van der Waals surface area contributed by atoms with Crippen LogP contribution in [-0.2, 0) is 16.0 Å². The molecule has 0 aromatic carbocycles. The van der Waals surface area contributed by atoms with Crippen molar-refractivity contribution in [3.63, 3.8) is 0 Å². The number of amides is 1. The van der Waals surface area contributed by atoms with Gasteiger partial charge in [-0.25, -0.2) is 0 Å². The lowest BCUT2D eigenvalue weighted by atomic mass is 9.99. The quantitative estimate of drug-likeness (QED) is 0.824. The molecule has 7 heteroatoms. The molecule has 2 fully saturated rings. The van der Waals surface area contributed by atoms with Crippen LogP contribution >= 0.6 is 0 Å². The van der Waals surface area contributed by atoms with Crippen molar-refractivity contribution in [1.29, 1.82) is 0 Å². The van der Waals surface area contributed by atoms with E-state index in [4.69, 9.17) is 4.74 Å². The first-order valence-electron chi connectivity index (χ1n) is 8.84. The van der Waals surface area contributed by atoms with Gasteiger partial charge < -0.3 is 14.7 Å². The Kier molecular flexibility index (Phi) is 5.53. The molecule has 0 radical (unpaired) electrons. The van der Waals surface area contributed by atoms with E-state index in [0.717, 1.165) is 56.2 Å². The number of carbonyl (C=O) groups is 1. The molecule has 2 saturated heterocycles. The Morgan fingerprint density at radius 2 is 2.08 bits per heavy atom. The Morgan fingerprint density at radius 1 is 1.33 bits per heavy atom. The van der Waals surface area contributed by atoms with Crippen LogP contribution in [0.2, 0.25) is 0 Å². The number of hydrogen-bond acceptors (Lipinski definition) is 5. The Bertz CT molecular complexity index is 568. The molecule has 0 saturated carbocycles. The van der Waals surface area contributed by atoms with E-state index in [1.165, 1.54) is 0 Å². The standard InChI is InChI=1S/C17H28N4O3/c1-12-13(2)18-19-14(12)3-4-17(23)21-6-5-15(16(22)11-21)20-7-9-24-10-8-20/h15-16,22H,3-11H2,1-2H3,(H,18,19). The Hall–Kier alpha value is -1.44. The van der Waals surface area contributed by atoms with Crippen LogP contribution in [0.5, 0.6) is 0 Å². The molecule has 1 amide bonds. The highest BCUT2D eigenvalue weighted by molar-refractivity contribution is 5.76. The normalized spacial score (nSPS) is 25.9. The van der Waals surface area contributed by atoms with Crippen LogP contribution in [0.3, 0.4) is 0 Å². The number of nitrogens with zero attached hydrogens (tertiary/aromatic N) is 3. The first-order chi connectivity index (χ1) is 11.6. The number of nitrogens with one attached hydrogen (secondary N) is 1. The van der Waals surface area contributed by atoms with Crippen molar-refractivity contribution in [2.75, 3.05) is 39.4 Å². The second kappa shape index (κ2) is 7.63. The predicted molar refractivity (Wildman–Crippen MR) is 89.8 cm³/mol. The highest BCUT2D eigenvalue weighted by Crippen LogP contribution is 2.20. The highest BCUT2D eigenvalue weighted by Gasteiger charge is 2.34. The second-order valence-corrected chi connectivity index (χ2v) is 6.83. The molecule has 2 unspecified atom stereocenters. The van der Waals surface area contributed by atoms with E-state index in [1.807, 2.05) is 13.8 Å². The minimum absolute atomic E-state index is 0.106. The predicted octanol–water partition coefficient (Wildman–Crippen LogP) is 0.253. The summed E-state index contributed by atoms with van der Waals surface area (Å²) in [4.78, 5) is 16.6. The molecular formula is C17H28N4O3. The highest BCUT2D eigenvalue weighted by atomic mass is 16.5. The summed E-state index contributed by atoms with van der Waals surface area (Å²) in [6, 6.07) is 0.147. The van der Waals surface area contributed by atoms with Crippen molar-refractivity contribution in [2.24, 2.45) is 0 Å². The third-order valence-electron chi connectivity index (χ3n) is 5.34. The van der Waals surface area contributed by atoms with Crippen molar-refractivity contribution >= 4 is 5.91 Å². The summed E-state index contributed by atoms with van der Waals surface area (Å²) in [5.41, 5.74) is 3.15. The number of aliphatic hydroxyl groups is 1. The molecular weight excluding hydrogens is 308 g/mol. The second-order valence-electron chi connectivity index (χ2n) is 6.83. The molecule has 7 nitrogen and oxygen atoms in total. The van der Waals surface area contributed by atoms with E-state index in [0.29, 0.717) is 19.4 Å². The van der Waals surface area contributed by atoms with Crippen LogP contribution < -0.4 is 0 Å². The van der Waals surface area contributed by atoms with Gasteiger partial charge in [-0.15, -0.1) is 0 Å². The molecule has 3 rings (SSSR count).